The van der Waals surface area contributed by atoms with Crippen molar-refractivity contribution < 1.29 is 8.91 Å². The van der Waals surface area contributed by atoms with E-state index >= 15 is 0 Å². The standard InChI is InChI=1S/C14H8Br2FN3O/c15-7-5-9(12(18)10(16)6-7)14-19-13(20-21-14)8-3-1-2-4-11(8)17/h1-6H,18H2. The van der Waals surface area contributed by atoms with Crippen LogP contribution in [0.4, 0.5) is 10.1 Å². The summed E-state index contributed by atoms with van der Waals surface area (Å²) in [4.78, 5) is 4.22. The summed E-state index contributed by atoms with van der Waals surface area (Å²) in [6.45, 7) is 0. The Labute approximate surface area is 136 Å². The van der Waals surface area contributed by atoms with Crippen LogP contribution in [0.5, 0.6) is 0 Å². The van der Waals surface area contributed by atoms with E-state index in [2.05, 4.69) is 42.0 Å². The summed E-state index contributed by atoms with van der Waals surface area (Å²) < 4.78 is 20.5. The molecule has 0 aliphatic rings. The van der Waals surface area contributed by atoms with Crippen molar-refractivity contribution in [2.75, 3.05) is 5.73 Å². The Morgan fingerprint density at radius 2 is 1.86 bits per heavy atom. The van der Waals surface area contributed by atoms with Gasteiger partial charge in [0, 0.05) is 8.95 Å². The first kappa shape index (κ1) is 14.2. The molecule has 0 aliphatic heterocycles. The number of nitrogen functional groups attached to an aromatic ring is 1. The predicted molar refractivity (Wildman–Crippen MR) is 84.9 cm³/mol. The summed E-state index contributed by atoms with van der Waals surface area (Å²) in [6, 6.07) is 9.81. The van der Waals surface area contributed by atoms with Crippen LogP contribution in [0.3, 0.4) is 0 Å². The minimum Gasteiger partial charge on any atom is -0.397 e. The number of halogens is 3. The summed E-state index contributed by atoms with van der Waals surface area (Å²) >= 11 is 6.72. The van der Waals surface area contributed by atoms with Crippen LogP contribution in [0, 0.1) is 5.82 Å². The Morgan fingerprint density at radius 1 is 1.10 bits per heavy atom. The highest BCUT2D eigenvalue weighted by atomic mass is 79.9. The van der Waals surface area contributed by atoms with Crippen LogP contribution in [0.25, 0.3) is 22.8 Å². The second-order valence-corrected chi connectivity index (χ2v) is 6.02. The van der Waals surface area contributed by atoms with Gasteiger partial charge in [-0.2, -0.15) is 4.98 Å². The van der Waals surface area contributed by atoms with Gasteiger partial charge in [-0.05, 0) is 40.2 Å². The monoisotopic (exact) mass is 411 g/mol. The van der Waals surface area contributed by atoms with Crippen molar-refractivity contribution >= 4 is 37.5 Å². The molecule has 0 radical (unpaired) electrons. The molecule has 3 aromatic rings. The van der Waals surface area contributed by atoms with Crippen molar-refractivity contribution in [1.82, 2.24) is 10.1 Å². The minimum atomic E-state index is -0.409. The molecule has 3 rings (SSSR count). The third-order valence-corrected chi connectivity index (χ3v) is 3.98. The molecule has 0 unspecified atom stereocenters. The summed E-state index contributed by atoms with van der Waals surface area (Å²) in [5.41, 5.74) is 7.32. The summed E-state index contributed by atoms with van der Waals surface area (Å²) in [5, 5.41) is 3.81. The van der Waals surface area contributed by atoms with Gasteiger partial charge in [-0.3, -0.25) is 0 Å². The van der Waals surface area contributed by atoms with E-state index in [1.165, 1.54) is 6.07 Å². The molecule has 1 heterocycles. The first-order valence-electron chi connectivity index (χ1n) is 5.90. The highest BCUT2D eigenvalue weighted by Crippen LogP contribution is 2.35. The maximum absolute atomic E-state index is 13.7. The van der Waals surface area contributed by atoms with Gasteiger partial charge in [0.05, 0.1) is 16.8 Å². The molecule has 1 aromatic heterocycles. The van der Waals surface area contributed by atoms with Gasteiger partial charge in [0.15, 0.2) is 0 Å². The van der Waals surface area contributed by atoms with Gasteiger partial charge in [-0.1, -0.05) is 33.2 Å². The Hall–Kier alpha value is -1.73. The molecule has 2 aromatic carbocycles. The molecule has 4 nitrogen and oxygen atoms in total. The fraction of sp³-hybridized carbons (Fsp3) is 0. The van der Waals surface area contributed by atoms with Crippen molar-refractivity contribution in [3.05, 3.63) is 51.2 Å². The van der Waals surface area contributed by atoms with Crippen LogP contribution in [0.15, 0.2) is 49.9 Å². The van der Waals surface area contributed by atoms with Crippen LogP contribution in [-0.4, -0.2) is 10.1 Å². The highest BCUT2D eigenvalue weighted by Gasteiger charge is 2.17. The van der Waals surface area contributed by atoms with Gasteiger partial charge >= 0.3 is 0 Å². The van der Waals surface area contributed by atoms with Gasteiger partial charge < -0.3 is 10.3 Å². The zero-order valence-electron chi connectivity index (χ0n) is 10.5. The fourth-order valence-corrected chi connectivity index (χ4v) is 3.07. The molecule has 0 amide bonds. The molecule has 106 valence electrons. The highest BCUT2D eigenvalue weighted by molar-refractivity contribution is 9.11. The number of benzene rings is 2. The smallest absolute Gasteiger partial charge is 0.260 e. The normalized spacial score (nSPS) is 10.8. The van der Waals surface area contributed by atoms with E-state index in [1.807, 2.05) is 6.07 Å². The molecule has 21 heavy (non-hydrogen) atoms. The number of hydrogen-bond donors (Lipinski definition) is 1. The lowest BCUT2D eigenvalue weighted by molar-refractivity contribution is 0.432. The lowest BCUT2D eigenvalue weighted by atomic mass is 10.2. The van der Waals surface area contributed by atoms with Crippen LogP contribution >= 0.6 is 31.9 Å². The Kier molecular flexibility index (Phi) is 3.77. The van der Waals surface area contributed by atoms with Crippen LogP contribution in [-0.2, 0) is 0 Å². The first-order chi connectivity index (χ1) is 10.1. The number of nitrogens with two attached hydrogens (primary N) is 1. The SMILES string of the molecule is Nc1c(Br)cc(Br)cc1-c1nc(-c2ccccc2F)no1. The van der Waals surface area contributed by atoms with Gasteiger partial charge in [0.1, 0.15) is 5.82 Å². The van der Waals surface area contributed by atoms with Gasteiger partial charge in [0.25, 0.3) is 5.89 Å². The van der Waals surface area contributed by atoms with E-state index in [4.69, 9.17) is 10.3 Å². The second kappa shape index (κ2) is 5.57. The predicted octanol–water partition coefficient (Wildman–Crippen LogP) is 4.65. The average Bonchev–Trinajstić information content (AvgIpc) is 2.92. The quantitative estimate of drug-likeness (QED) is 0.622. The number of nitrogens with zero attached hydrogens (tertiary/aromatic N) is 2. The van der Waals surface area contributed by atoms with E-state index in [0.717, 1.165) is 4.47 Å². The van der Waals surface area contributed by atoms with E-state index in [9.17, 15) is 4.39 Å². The largest absolute Gasteiger partial charge is 0.397 e. The molecule has 2 N–H and O–H groups in total. The minimum absolute atomic E-state index is 0.179. The van der Waals surface area contributed by atoms with Crippen molar-refractivity contribution in [3.8, 4) is 22.8 Å². The van der Waals surface area contributed by atoms with Crippen LogP contribution in [0.2, 0.25) is 0 Å². The van der Waals surface area contributed by atoms with E-state index < -0.39 is 5.82 Å². The third kappa shape index (κ3) is 2.71. The van der Waals surface area contributed by atoms with E-state index in [0.29, 0.717) is 15.7 Å². The van der Waals surface area contributed by atoms with Crippen LogP contribution < -0.4 is 5.73 Å². The van der Waals surface area contributed by atoms with Crippen molar-refractivity contribution in [1.29, 1.82) is 0 Å². The topological polar surface area (TPSA) is 64.9 Å². The van der Waals surface area contributed by atoms with E-state index in [1.54, 1.807) is 24.3 Å². The van der Waals surface area contributed by atoms with Crippen molar-refractivity contribution in [3.63, 3.8) is 0 Å². The zero-order valence-corrected chi connectivity index (χ0v) is 13.7. The summed E-state index contributed by atoms with van der Waals surface area (Å²) in [6.07, 6.45) is 0. The number of rotatable bonds is 2. The maximum atomic E-state index is 13.7. The molecule has 0 bridgehead atoms. The van der Waals surface area contributed by atoms with Gasteiger partial charge in [-0.15, -0.1) is 0 Å². The molecule has 7 heteroatoms. The lowest BCUT2D eigenvalue weighted by Gasteiger charge is -2.04. The van der Waals surface area contributed by atoms with Gasteiger partial charge in [0.2, 0.25) is 5.82 Å². The van der Waals surface area contributed by atoms with Crippen molar-refractivity contribution in [2.24, 2.45) is 0 Å². The molecule has 0 saturated heterocycles. The summed E-state index contributed by atoms with van der Waals surface area (Å²) in [7, 11) is 0. The molecule has 0 saturated carbocycles. The van der Waals surface area contributed by atoms with E-state index in [-0.39, 0.29) is 17.3 Å². The second-order valence-electron chi connectivity index (χ2n) is 4.25. The molecule has 0 aliphatic carbocycles. The Bertz CT molecular complexity index is 820. The maximum Gasteiger partial charge on any atom is 0.260 e. The molecule has 0 spiro atoms. The average molecular weight is 413 g/mol. The number of anilines is 1. The molecular weight excluding hydrogens is 405 g/mol. The fourth-order valence-electron chi connectivity index (χ4n) is 1.85. The third-order valence-electron chi connectivity index (χ3n) is 2.87. The van der Waals surface area contributed by atoms with Crippen molar-refractivity contribution in [2.45, 2.75) is 0 Å². The number of hydrogen-bond acceptors (Lipinski definition) is 4. The Balaban J connectivity index is 2.09. The molecular formula is C14H8Br2FN3O. The summed E-state index contributed by atoms with van der Waals surface area (Å²) in [5.74, 6) is -0.000374. The Morgan fingerprint density at radius 3 is 2.62 bits per heavy atom. The molecule has 0 atom stereocenters. The molecule has 0 fully saturated rings. The zero-order chi connectivity index (χ0) is 15.0. The lowest BCUT2D eigenvalue weighted by Crippen LogP contribution is -1.92. The van der Waals surface area contributed by atoms with Crippen LogP contribution in [0.1, 0.15) is 0 Å². The number of aromatic nitrogens is 2. The first-order valence-corrected chi connectivity index (χ1v) is 7.48. The van der Waals surface area contributed by atoms with Gasteiger partial charge in [-0.25, -0.2) is 4.39 Å².